The molecule has 24 nitrogen and oxygen atoms in total. The van der Waals surface area contributed by atoms with Gasteiger partial charge >= 0.3 is 41.8 Å². The maximum Gasteiger partial charge on any atom is 0.329 e. The second-order valence-electron chi connectivity index (χ2n) is 40.9. The number of hydrogen-bond acceptors (Lipinski definition) is 21. The lowest BCUT2D eigenvalue weighted by molar-refractivity contribution is -0.167. The van der Waals surface area contributed by atoms with Crippen LogP contribution in [0.4, 0.5) is 0 Å². The number of carboxylic acid groups (broad SMARTS) is 2. The van der Waals surface area contributed by atoms with E-state index >= 15 is 0 Å². The number of aromatic nitrogens is 4. The Balaban J connectivity index is -0.000000445. The molecule has 4 heterocycles. The van der Waals surface area contributed by atoms with Gasteiger partial charge in [-0.2, -0.15) is 0 Å². The fourth-order valence-electron chi connectivity index (χ4n) is 18.9. The average molecular weight is 1790 g/mol. The van der Waals surface area contributed by atoms with E-state index in [2.05, 4.69) is 53.5 Å². The van der Waals surface area contributed by atoms with Crippen LogP contribution in [-0.2, 0) is 68.5 Å². The Kier molecular flexibility index (Phi) is 28.9. The van der Waals surface area contributed by atoms with E-state index in [0.29, 0.717) is 64.5 Å². The minimum absolute atomic E-state index is 0. The summed E-state index contributed by atoms with van der Waals surface area (Å²) in [5.74, 6) is -0.151. The minimum atomic E-state index is -0.940. The third-order valence-corrected chi connectivity index (χ3v) is 26.4. The van der Waals surface area contributed by atoms with E-state index in [-0.39, 0.29) is 106 Å². The summed E-state index contributed by atoms with van der Waals surface area (Å²) in [5, 5.41) is 22.1. The second-order valence-corrected chi connectivity index (χ2v) is 41.2. The van der Waals surface area contributed by atoms with Gasteiger partial charge in [0.05, 0.1) is 72.7 Å². The fraction of sp³-hybridized carbons (Fsp3) is 0.677. The van der Waals surface area contributed by atoms with Crippen molar-refractivity contribution >= 4 is 87.4 Å². The van der Waals surface area contributed by atoms with Gasteiger partial charge in [-0.05, 0) is 250 Å². The van der Waals surface area contributed by atoms with Crippen LogP contribution in [0.2, 0.25) is 5.15 Å². The van der Waals surface area contributed by atoms with Crippen molar-refractivity contribution in [3.63, 3.8) is 0 Å². The van der Waals surface area contributed by atoms with E-state index in [1.807, 2.05) is 139 Å². The van der Waals surface area contributed by atoms with Crippen LogP contribution in [0.5, 0.6) is 17.5 Å². The lowest BCUT2D eigenvalue weighted by atomic mass is 9.77. The lowest BCUT2D eigenvalue weighted by Crippen LogP contribution is -2.50. The van der Waals surface area contributed by atoms with Gasteiger partial charge in [-0.3, -0.25) is 33.6 Å². The standard InChI is InChI=1S/C40H55N3O7.C20H26ClN3O3.2C19H30O4.CH4.13H2/c1-11-13-14-15-26-27-18-24(27)19-32(26)48-34(44)21-28(39(4,5)6)37(45)43-22-33(23(3)35(43)38(46)50-40(7,8)9)49-36-29(12-2)41-30-17-16-25(47-10)20-31(30)42-36;1-6-12-7-8-13-14(9-12)24-18(17(21)23-13)26-15-10-22-16(11(15)2)19(25)27-20(3,4)5;2*1-5-6-7-8-13-14-9-12(14)10-16(13)23-17(20)11-15(18(21)22)19(2,3)4;;;;;;;;;;;;;;/h11-12,16-17,20,23-24,26-28,32-33,35H,1-2,13-15,18-19,21-22H2,3-10H3;7-9,11,15-16,22H,6,10H2,1-5H3;2*5,12-16H,1,6-11H2,2-4H3,(H,21,22);1H4;13*1H/t23-,24+,26-,27+,28-,32-,33+,35+;11-,15+,16+;12-,13+,14-,15+,16+;12-,13+,14-,15-,16+;;;;;;;;;;;;;;/m1101............../s1/i;;;;;12*1+1D;1+1. The molecule has 124 heavy (non-hydrogen) atoms. The van der Waals surface area contributed by atoms with Crippen molar-refractivity contribution < 1.29 is 124 Å². The van der Waals surface area contributed by atoms with E-state index in [9.17, 15) is 48.6 Å². The summed E-state index contributed by atoms with van der Waals surface area (Å²) in [6.45, 7) is 49.6. The van der Waals surface area contributed by atoms with Crippen molar-refractivity contribution in [2.75, 3.05) is 20.2 Å². The molecule has 12 rings (SSSR count). The maximum absolute atomic E-state index is 14.6. The number of unbranched alkanes of at least 4 members (excludes halogenated alkanes) is 3. The molecule has 6 aliphatic carbocycles. The molecule has 0 radical (unpaired) electrons. The predicted octanol–water partition coefficient (Wildman–Crippen LogP) is 22.7. The van der Waals surface area contributed by atoms with Crippen LogP contribution < -0.4 is 19.5 Å². The molecule has 0 spiro atoms. The highest BCUT2D eigenvalue weighted by Crippen LogP contribution is 2.60. The monoisotopic (exact) mass is 1790 g/mol. The third kappa shape index (κ3) is 27.3. The summed E-state index contributed by atoms with van der Waals surface area (Å²) in [4.78, 5) is 122. The minimum Gasteiger partial charge on any atom is -0.497 e. The Labute approximate surface area is 780 Å². The highest BCUT2D eigenvalue weighted by molar-refractivity contribution is 6.31. The molecule has 3 N–H and O–H groups in total. The smallest absolute Gasteiger partial charge is 0.329 e. The number of amides is 1. The number of carbonyl (C=O) groups is 8. The van der Waals surface area contributed by atoms with Gasteiger partial charge in [0, 0.05) is 61.5 Å². The number of likely N-dealkylation sites (tertiary alicyclic amines) is 1. The molecular weight excluding hydrogens is 1600 g/mol. The van der Waals surface area contributed by atoms with Crippen LogP contribution in [0, 0.1) is 99.1 Å². The summed E-state index contributed by atoms with van der Waals surface area (Å²) < 4.78 is 167. The number of benzene rings is 2. The first-order valence-corrected chi connectivity index (χ1v) is 45.2. The molecule has 0 unspecified atom stereocenters. The number of nitrogens with zero attached hydrogens (tertiary/aromatic N) is 5. The predicted molar refractivity (Wildman–Crippen MR) is 509 cm³/mol. The average Bonchev–Trinajstić information content (AvgIpc) is 1.61. The Bertz CT molecular complexity index is 4430. The molecule has 2 saturated heterocycles. The molecule has 2 aromatic carbocycles. The number of halogens is 1. The van der Waals surface area contributed by atoms with Crippen molar-refractivity contribution in [1.82, 2.24) is 30.2 Å². The quantitative estimate of drug-likeness (QED) is 0.0173. The molecule has 25 heteroatoms. The van der Waals surface area contributed by atoms with Crippen LogP contribution in [0.1, 0.15) is 296 Å². The molecule has 4 aromatic rings. The van der Waals surface area contributed by atoms with Crippen LogP contribution in [0.25, 0.3) is 28.1 Å². The number of aliphatic carboxylic acids is 2. The SMILES string of the molecule is C.C=CCCC[C@@H]1[C@H]2C[C@H]2C[C@H]1OC(=O)C[C@H](C(=O)N1C[C@H](Oc2nc3cc(OC)ccc3nc2C=C)[C@@H](C)[C@H]1C(=O)OC(C)(C)C)C(C)(C)C.C=CCCC[C@@H]1[C@H]2C[C@H]2C[C@H]1OC(=O)C[C@H](C(=O)O)C(C)(C)C.C=CCCC[C@H]1[C@@H]2C[C@@H]2C[C@@H]1OC(=O)C[C@H](C(=O)O)C(C)(C)C.CCc1ccc2nc(Cl)c(O[C@H]3CN[C@H](C(=O)OC(C)(C)C)[C@@H]3C)nc2c1.[2HH].[2H][2H].[2H][2H].[2H][2H].[2H][2H].[2H][2H].[2H][2H].[2H][2H].[2H][2H].[2H][2H].[2H][2H].[2H][2H].[2H][2H]. The van der Waals surface area contributed by atoms with E-state index in [1.165, 1.54) is 24.8 Å². The van der Waals surface area contributed by atoms with Crippen LogP contribution in [-0.4, -0.2) is 157 Å². The zero-order chi connectivity index (χ0) is 115. The summed E-state index contributed by atoms with van der Waals surface area (Å²) >= 11 is 6.28. The van der Waals surface area contributed by atoms with Gasteiger partial charge in [0.1, 0.15) is 65.2 Å². The van der Waals surface area contributed by atoms with Crippen molar-refractivity contribution in [2.24, 2.45) is 99.1 Å². The number of ether oxygens (including phenoxy) is 8. The molecule has 8 fully saturated rings. The number of aryl methyl sites for hydroxylation is 1. The number of allylic oxidation sites excluding steroid dienone is 3. The lowest BCUT2D eigenvalue weighted by Gasteiger charge is -2.35. The van der Waals surface area contributed by atoms with Crippen LogP contribution >= 0.6 is 11.6 Å². The largest absolute Gasteiger partial charge is 0.497 e. The first-order chi connectivity index (χ1) is 69.7. The zero-order valence-corrected chi connectivity index (χ0v) is 77.4. The van der Waals surface area contributed by atoms with Crippen LogP contribution in [0.15, 0.2) is 80.9 Å². The molecule has 6 saturated carbocycles. The Morgan fingerprint density at radius 2 is 0.968 bits per heavy atom. The van der Waals surface area contributed by atoms with Gasteiger partial charge in [0.25, 0.3) is 5.88 Å². The summed E-state index contributed by atoms with van der Waals surface area (Å²) in [6.07, 6.45) is 23.0. The number of rotatable bonds is 33. The highest BCUT2D eigenvalue weighted by atomic mass is 35.5. The first-order valence-electron chi connectivity index (χ1n) is 56.8. The highest BCUT2D eigenvalue weighted by Gasteiger charge is 2.58. The molecule has 1 amide bonds. The number of carbonyl (C=O) groups excluding carboxylic acids is 6. The number of fused-ring (bicyclic) bond motifs is 5. The van der Waals surface area contributed by atoms with E-state index in [4.69, 9.17) is 90.1 Å². The van der Waals surface area contributed by atoms with Crippen molar-refractivity contribution in [3.8, 4) is 17.5 Å². The van der Waals surface area contributed by atoms with Crippen molar-refractivity contribution in [2.45, 2.75) is 308 Å². The molecule has 0 bridgehead atoms. The third-order valence-electron chi connectivity index (χ3n) is 26.1. The summed E-state index contributed by atoms with van der Waals surface area (Å²) in [7, 11) is 1.58. The summed E-state index contributed by atoms with van der Waals surface area (Å²) in [6, 6.07) is 9.94. The Morgan fingerprint density at radius 1 is 0.548 bits per heavy atom. The molecule has 21 atom stereocenters. The first kappa shape index (κ1) is 83.7. The number of nitrogens with one attached hydrogen (secondary N) is 1. The van der Waals surface area contributed by atoms with Crippen LogP contribution in [0.3, 0.4) is 0 Å². The van der Waals surface area contributed by atoms with Gasteiger partial charge in [-0.1, -0.05) is 133 Å². The van der Waals surface area contributed by atoms with Gasteiger partial charge in [-0.15, -0.1) is 19.7 Å². The second kappa shape index (κ2) is 42.9. The normalized spacial score (nSPS) is 27.7. The molecule has 712 valence electrons. The topological polar surface area (TPSA) is 318 Å². The molecule has 8 aliphatic rings. The van der Waals surface area contributed by atoms with E-state index in [1.54, 1.807) is 51.0 Å². The van der Waals surface area contributed by atoms with Crippen molar-refractivity contribution in [1.29, 1.82) is 0 Å². The summed E-state index contributed by atoms with van der Waals surface area (Å²) in [5.41, 5.74) is 1.50. The number of carboxylic acids is 2. The number of hydrogen-bond donors (Lipinski definition) is 3. The fourth-order valence-corrected chi connectivity index (χ4v) is 19.1. The van der Waals surface area contributed by atoms with Gasteiger partial charge < -0.3 is 58.3 Å². The van der Waals surface area contributed by atoms with Crippen molar-refractivity contribution in [3.05, 3.63) is 97.4 Å². The Morgan fingerprint density at radius 3 is 1.39 bits per heavy atom. The van der Waals surface area contributed by atoms with E-state index < -0.39 is 87.2 Å². The van der Waals surface area contributed by atoms with E-state index in [0.717, 1.165) is 118 Å². The zero-order valence-electron chi connectivity index (χ0n) is 101. The molecule has 2 aliphatic heterocycles. The maximum atomic E-state index is 14.6. The molecule has 2 aromatic heterocycles. The van der Waals surface area contributed by atoms with Gasteiger partial charge in [0.2, 0.25) is 11.8 Å². The number of esters is 5. The number of methoxy groups -OCH3 is 1. The Hall–Kier alpha value is -8.51. The molecular formula is C99H171ClN6O18. The van der Waals surface area contributed by atoms with Gasteiger partial charge in [-0.25, -0.2) is 24.7 Å². The van der Waals surface area contributed by atoms with Gasteiger partial charge in [0.15, 0.2) is 5.15 Å².